The predicted octanol–water partition coefficient (Wildman–Crippen LogP) is 5.08. The Morgan fingerprint density at radius 3 is 1.07 bits per heavy atom. The monoisotopic (exact) mass is 413 g/mol. The van der Waals surface area contributed by atoms with E-state index in [1.165, 1.54) is 15.9 Å². The number of ether oxygens (including phenoxy) is 2. The number of methoxy groups -OCH3 is 2. The van der Waals surface area contributed by atoms with Crippen LogP contribution < -0.4 is 15.9 Å². The van der Waals surface area contributed by atoms with Gasteiger partial charge in [-0.25, -0.2) is 0 Å². The molecule has 0 spiro atoms. The van der Waals surface area contributed by atoms with Crippen LogP contribution in [-0.4, -0.2) is 14.2 Å². The van der Waals surface area contributed by atoms with Crippen molar-refractivity contribution in [3.05, 3.63) is 127 Å². The molecule has 0 aliphatic heterocycles. The summed E-state index contributed by atoms with van der Waals surface area (Å²) in [6.45, 7) is 0. The molecule has 4 rings (SSSR count). The van der Waals surface area contributed by atoms with E-state index in [-0.39, 0.29) is 0 Å². The first kappa shape index (κ1) is 20.5. The van der Waals surface area contributed by atoms with Crippen LogP contribution in [-0.2, 0) is 15.0 Å². The second kappa shape index (κ2) is 8.93. The molecule has 0 saturated carbocycles. The van der Waals surface area contributed by atoms with Crippen LogP contribution in [0.4, 0.5) is 0 Å². The van der Waals surface area contributed by atoms with E-state index >= 15 is 0 Å². The van der Waals surface area contributed by atoms with Gasteiger partial charge in [0.1, 0.15) is 0 Å². The van der Waals surface area contributed by atoms with E-state index in [4.69, 9.17) is 9.47 Å². The Bertz CT molecular complexity index is 950. The minimum absolute atomic E-state index is 0.988. The molecule has 1 radical (unpaired) electrons. The minimum atomic E-state index is -2.46. The van der Waals surface area contributed by atoms with Crippen molar-refractivity contribution in [3.63, 3.8) is 0 Å². The second-order valence-corrected chi connectivity index (χ2v) is 10.5. The van der Waals surface area contributed by atoms with Gasteiger partial charge in [0.15, 0.2) is 0 Å². The van der Waals surface area contributed by atoms with Crippen molar-refractivity contribution in [1.82, 2.24) is 0 Å². The Morgan fingerprint density at radius 2 is 0.767 bits per heavy atom. The standard InChI is InChI=1S/C27H26O2P/c1-28-27(29-2,23-15-7-3-8-16-23)30(24-17-9-4-10-18-24,25-19-11-5-12-20-25)26-21-13-6-14-22-26/h3-22H,1-2H3. The van der Waals surface area contributed by atoms with Gasteiger partial charge in [-0.3, -0.25) is 0 Å². The molecular weight excluding hydrogens is 387 g/mol. The summed E-state index contributed by atoms with van der Waals surface area (Å²) in [7, 11) is 1.04. The minimum Gasteiger partial charge on any atom is -0.345 e. The predicted molar refractivity (Wildman–Crippen MR) is 127 cm³/mol. The van der Waals surface area contributed by atoms with Crippen LogP contribution in [0.25, 0.3) is 0 Å². The van der Waals surface area contributed by atoms with Crippen molar-refractivity contribution in [2.75, 3.05) is 14.2 Å². The fourth-order valence-corrected chi connectivity index (χ4v) is 9.20. The van der Waals surface area contributed by atoms with Crippen LogP contribution in [0.3, 0.4) is 0 Å². The molecule has 0 bridgehead atoms. The maximum absolute atomic E-state index is 6.43. The maximum atomic E-state index is 6.43. The number of hydrogen-bond acceptors (Lipinski definition) is 2. The van der Waals surface area contributed by atoms with E-state index < -0.39 is 12.8 Å². The van der Waals surface area contributed by atoms with Crippen LogP contribution in [0.5, 0.6) is 0 Å². The third kappa shape index (κ3) is 3.18. The second-order valence-electron chi connectivity index (χ2n) is 7.03. The highest BCUT2D eigenvalue weighted by molar-refractivity contribution is 7.96. The molecule has 0 heterocycles. The summed E-state index contributed by atoms with van der Waals surface area (Å²) in [4.78, 5) is 0. The molecule has 0 N–H and O–H groups in total. The Kier molecular flexibility index (Phi) is 6.11. The lowest BCUT2D eigenvalue weighted by atomic mass is 10.2. The fourth-order valence-electron chi connectivity index (χ4n) is 4.35. The Morgan fingerprint density at radius 1 is 0.467 bits per heavy atom. The van der Waals surface area contributed by atoms with E-state index in [2.05, 4.69) is 103 Å². The molecule has 0 aromatic heterocycles. The summed E-state index contributed by atoms with van der Waals surface area (Å²) >= 11 is 0. The third-order valence-corrected chi connectivity index (χ3v) is 10.3. The van der Waals surface area contributed by atoms with Gasteiger partial charge in [0.2, 0.25) is 5.53 Å². The largest absolute Gasteiger partial charge is 0.345 e. The van der Waals surface area contributed by atoms with Gasteiger partial charge in [0.25, 0.3) is 0 Å². The fraction of sp³-hybridized carbons (Fsp3) is 0.111. The molecule has 4 aromatic carbocycles. The van der Waals surface area contributed by atoms with Crippen molar-refractivity contribution in [3.8, 4) is 0 Å². The third-order valence-electron chi connectivity index (χ3n) is 5.56. The normalized spacial score (nSPS) is 11.9. The van der Waals surface area contributed by atoms with Crippen molar-refractivity contribution in [1.29, 1.82) is 0 Å². The number of hydrogen-bond donors (Lipinski definition) is 0. The quantitative estimate of drug-likeness (QED) is 0.311. The summed E-state index contributed by atoms with van der Waals surface area (Å²) in [5.74, 6) is 0. The number of rotatable bonds is 7. The van der Waals surface area contributed by atoms with E-state index in [1.807, 2.05) is 18.2 Å². The maximum Gasteiger partial charge on any atom is 0.221 e. The molecular formula is C27H26O2P. The van der Waals surface area contributed by atoms with Gasteiger partial charge in [0, 0.05) is 27.0 Å². The number of benzene rings is 4. The van der Waals surface area contributed by atoms with Crippen molar-refractivity contribution < 1.29 is 9.47 Å². The molecule has 0 atom stereocenters. The van der Waals surface area contributed by atoms with Crippen molar-refractivity contribution >= 4 is 23.2 Å². The first-order valence-corrected chi connectivity index (χ1v) is 11.8. The molecule has 0 amide bonds. The molecule has 0 fully saturated rings. The first-order valence-electron chi connectivity index (χ1n) is 10.0. The lowest BCUT2D eigenvalue weighted by Gasteiger charge is -2.51. The SMILES string of the molecule is COC(OC)(c1ccccc1)[P](c1ccccc1)(c1ccccc1)c1ccccc1. The average Bonchev–Trinajstić information content (AvgIpc) is 2.85. The molecule has 2 nitrogen and oxygen atoms in total. The zero-order valence-electron chi connectivity index (χ0n) is 17.3. The van der Waals surface area contributed by atoms with Gasteiger partial charge < -0.3 is 9.47 Å². The molecule has 3 heteroatoms. The summed E-state index contributed by atoms with van der Waals surface area (Å²) in [6, 6.07) is 42.2. The van der Waals surface area contributed by atoms with Crippen LogP contribution in [0.15, 0.2) is 121 Å². The highest BCUT2D eigenvalue weighted by Gasteiger charge is 2.55. The van der Waals surface area contributed by atoms with Gasteiger partial charge in [-0.2, -0.15) is 0 Å². The molecule has 0 aliphatic rings. The van der Waals surface area contributed by atoms with Gasteiger partial charge in [-0.05, 0) is 15.9 Å². The van der Waals surface area contributed by atoms with Crippen LogP contribution in [0.2, 0.25) is 0 Å². The average molecular weight is 413 g/mol. The van der Waals surface area contributed by atoms with E-state index in [0.29, 0.717) is 0 Å². The Hall–Kier alpha value is -2.77. The van der Waals surface area contributed by atoms with Crippen LogP contribution in [0.1, 0.15) is 5.56 Å². The van der Waals surface area contributed by atoms with Crippen molar-refractivity contribution in [2.24, 2.45) is 0 Å². The van der Waals surface area contributed by atoms with E-state index in [0.717, 1.165) is 5.56 Å². The molecule has 151 valence electrons. The van der Waals surface area contributed by atoms with Gasteiger partial charge in [-0.1, -0.05) is 121 Å². The van der Waals surface area contributed by atoms with Crippen LogP contribution in [0, 0.1) is 0 Å². The molecule has 0 aliphatic carbocycles. The summed E-state index contributed by atoms with van der Waals surface area (Å²) in [6.07, 6.45) is 0. The van der Waals surface area contributed by atoms with Gasteiger partial charge in [-0.15, -0.1) is 0 Å². The summed E-state index contributed by atoms with van der Waals surface area (Å²) in [5.41, 5.74) is 0.0121. The van der Waals surface area contributed by atoms with Gasteiger partial charge in [0.05, 0.1) is 0 Å². The van der Waals surface area contributed by atoms with Crippen LogP contribution >= 0.6 is 7.26 Å². The molecule has 0 unspecified atom stereocenters. The topological polar surface area (TPSA) is 18.5 Å². The Labute approximate surface area is 179 Å². The van der Waals surface area contributed by atoms with E-state index in [1.54, 1.807) is 14.2 Å². The van der Waals surface area contributed by atoms with Gasteiger partial charge >= 0.3 is 0 Å². The Balaban J connectivity index is 2.20. The first-order chi connectivity index (χ1) is 14.8. The lowest BCUT2D eigenvalue weighted by Crippen LogP contribution is -2.48. The summed E-state index contributed by atoms with van der Waals surface area (Å²) in [5, 5.41) is 3.61. The smallest absolute Gasteiger partial charge is 0.221 e. The molecule has 4 aromatic rings. The molecule has 0 saturated heterocycles. The highest BCUT2D eigenvalue weighted by atomic mass is 31.2. The van der Waals surface area contributed by atoms with E-state index in [9.17, 15) is 0 Å². The summed E-state index contributed by atoms with van der Waals surface area (Å²) < 4.78 is 12.9. The van der Waals surface area contributed by atoms with Crippen molar-refractivity contribution in [2.45, 2.75) is 5.53 Å². The molecule has 30 heavy (non-hydrogen) atoms. The highest BCUT2D eigenvalue weighted by Crippen LogP contribution is 2.70. The lowest BCUT2D eigenvalue weighted by molar-refractivity contribution is -0.146. The zero-order valence-corrected chi connectivity index (χ0v) is 18.2. The zero-order chi connectivity index (χ0) is 20.9.